The van der Waals surface area contributed by atoms with Gasteiger partial charge in [-0.15, -0.1) is 0 Å². The van der Waals surface area contributed by atoms with E-state index in [2.05, 4.69) is 22.0 Å². The molecule has 0 bridgehead atoms. The van der Waals surface area contributed by atoms with E-state index in [4.69, 9.17) is 0 Å². The number of carbonyl (C=O) groups excluding carboxylic acids is 1. The Morgan fingerprint density at radius 1 is 1.04 bits per heavy atom. The summed E-state index contributed by atoms with van der Waals surface area (Å²) in [5.41, 5.74) is 3.39. The number of ketones is 1. The normalized spacial score (nSPS) is 10.8. The standard InChI is InChI=1S/C20H11BrN2O/c21-18-14(12-22)11-17(20(24)13-5-2-1-3-6-13)19-16(18)9-8-15-7-4-10-23(15)19/h1-11H. The Morgan fingerprint density at radius 3 is 2.58 bits per heavy atom. The highest BCUT2D eigenvalue weighted by molar-refractivity contribution is 9.10. The summed E-state index contributed by atoms with van der Waals surface area (Å²) in [5.74, 6) is -0.0919. The van der Waals surface area contributed by atoms with Gasteiger partial charge in [-0.1, -0.05) is 30.3 Å². The summed E-state index contributed by atoms with van der Waals surface area (Å²) in [4.78, 5) is 13.1. The van der Waals surface area contributed by atoms with E-state index >= 15 is 0 Å². The molecule has 0 saturated carbocycles. The van der Waals surface area contributed by atoms with Gasteiger partial charge in [0.05, 0.1) is 11.1 Å². The molecule has 114 valence electrons. The molecule has 4 aromatic rings. The second kappa shape index (κ2) is 5.63. The SMILES string of the molecule is N#Cc1cc(C(=O)c2ccccc2)c2c(ccc3cccn32)c1Br. The smallest absolute Gasteiger partial charge is 0.195 e. The zero-order valence-corrected chi connectivity index (χ0v) is 14.1. The lowest BCUT2D eigenvalue weighted by Gasteiger charge is -2.12. The minimum atomic E-state index is -0.0919. The number of nitrogens with zero attached hydrogens (tertiary/aromatic N) is 2. The summed E-state index contributed by atoms with van der Waals surface area (Å²) in [6.45, 7) is 0. The van der Waals surface area contributed by atoms with Gasteiger partial charge in [0.1, 0.15) is 6.07 Å². The Labute approximate surface area is 146 Å². The van der Waals surface area contributed by atoms with Crippen molar-refractivity contribution in [3.8, 4) is 6.07 Å². The van der Waals surface area contributed by atoms with Crippen molar-refractivity contribution < 1.29 is 4.79 Å². The van der Waals surface area contributed by atoms with Crippen LogP contribution in [0, 0.1) is 11.3 Å². The minimum Gasteiger partial charge on any atom is -0.316 e. The number of nitriles is 1. The van der Waals surface area contributed by atoms with E-state index in [1.165, 1.54) is 0 Å². The summed E-state index contributed by atoms with van der Waals surface area (Å²) in [6.07, 6.45) is 1.93. The first-order valence-electron chi connectivity index (χ1n) is 7.43. The van der Waals surface area contributed by atoms with Gasteiger partial charge in [0, 0.05) is 32.7 Å². The lowest BCUT2D eigenvalue weighted by Crippen LogP contribution is -2.06. The molecule has 0 radical (unpaired) electrons. The quantitative estimate of drug-likeness (QED) is 0.465. The molecule has 0 N–H and O–H groups in total. The molecule has 0 spiro atoms. The molecular formula is C20H11BrN2O. The van der Waals surface area contributed by atoms with Crippen LogP contribution in [-0.4, -0.2) is 10.2 Å². The summed E-state index contributed by atoms with van der Waals surface area (Å²) in [6, 6.07) is 20.8. The third-order valence-corrected chi connectivity index (χ3v) is 4.97. The largest absolute Gasteiger partial charge is 0.316 e. The zero-order valence-electron chi connectivity index (χ0n) is 12.5. The summed E-state index contributed by atoms with van der Waals surface area (Å²) < 4.78 is 2.69. The van der Waals surface area contributed by atoms with Gasteiger partial charge in [0.15, 0.2) is 5.78 Å². The highest BCUT2D eigenvalue weighted by Gasteiger charge is 2.19. The highest BCUT2D eigenvalue weighted by Crippen LogP contribution is 2.32. The van der Waals surface area contributed by atoms with E-state index in [9.17, 15) is 10.1 Å². The molecule has 2 aromatic heterocycles. The van der Waals surface area contributed by atoms with Crippen LogP contribution in [-0.2, 0) is 0 Å². The lowest BCUT2D eigenvalue weighted by atomic mass is 9.98. The van der Waals surface area contributed by atoms with Crippen LogP contribution >= 0.6 is 15.9 Å². The van der Waals surface area contributed by atoms with Gasteiger partial charge in [-0.25, -0.2) is 0 Å². The van der Waals surface area contributed by atoms with Crippen LogP contribution < -0.4 is 0 Å². The fourth-order valence-electron chi connectivity index (χ4n) is 2.98. The Kier molecular flexibility index (Phi) is 3.44. The topological polar surface area (TPSA) is 45.3 Å². The minimum absolute atomic E-state index is 0.0919. The number of benzene rings is 2. The molecule has 0 saturated heterocycles. The molecule has 4 rings (SSSR count). The third kappa shape index (κ3) is 2.14. The number of fused-ring (bicyclic) bond motifs is 3. The van der Waals surface area contributed by atoms with Gasteiger partial charge >= 0.3 is 0 Å². The fraction of sp³-hybridized carbons (Fsp3) is 0. The van der Waals surface area contributed by atoms with Crippen molar-refractivity contribution in [1.29, 1.82) is 5.26 Å². The molecule has 0 aliphatic heterocycles. The van der Waals surface area contributed by atoms with Crippen molar-refractivity contribution in [2.45, 2.75) is 0 Å². The van der Waals surface area contributed by atoms with Gasteiger partial charge < -0.3 is 4.40 Å². The molecule has 0 atom stereocenters. The third-order valence-electron chi connectivity index (χ3n) is 4.11. The molecule has 4 heteroatoms. The summed E-state index contributed by atoms with van der Waals surface area (Å²) in [5, 5.41) is 10.3. The van der Waals surface area contributed by atoms with Gasteiger partial charge in [-0.2, -0.15) is 5.26 Å². The molecule has 2 heterocycles. The Hall–Kier alpha value is -2.90. The van der Waals surface area contributed by atoms with Crippen molar-refractivity contribution in [2.75, 3.05) is 0 Å². The second-order valence-corrected chi connectivity index (χ2v) is 6.28. The lowest BCUT2D eigenvalue weighted by molar-refractivity contribution is 0.104. The fourth-order valence-corrected chi connectivity index (χ4v) is 3.51. The number of pyridine rings is 1. The van der Waals surface area contributed by atoms with Crippen molar-refractivity contribution in [1.82, 2.24) is 4.40 Å². The molecule has 0 amide bonds. The maximum Gasteiger partial charge on any atom is 0.195 e. The Balaban J connectivity index is 2.14. The van der Waals surface area contributed by atoms with E-state index in [0.29, 0.717) is 21.2 Å². The molecule has 0 unspecified atom stereocenters. The molecule has 2 aromatic carbocycles. The van der Waals surface area contributed by atoms with Crippen LogP contribution in [0.3, 0.4) is 0 Å². The van der Waals surface area contributed by atoms with Gasteiger partial charge in [0.25, 0.3) is 0 Å². The number of rotatable bonds is 2. The van der Waals surface area contributed by atoms with E-state index < -0.39 is 0 Å². The molecule has 0 fully saturated rings. The second-order valence-electron chi connectivity index (χ2n) is 5.49. The molecular weight excluding hydrogens is 364 g/mol. The highest BCUT2D eigenvalue weighted by atomic mass is 79.9. The van der Waals surface area contributed by atoms with E-state index in [1.54, 1.807) is 18.2 Å². The van der Waals surface area contributed by atoms with Gasteiger partial charge in [-0.05, 0) is 46.3 Å². The average Bonchev–Trinajstić information content (AvgIpc) is 3.11. The predicted octanol–water partition coefficient (Wildman–Crippen LogP) is 4.96. The number of halogens is 1. The van der Waals surface area contributed by atoms with Crippen molar-refractivity contribution >= 4 is 38.1 Å². The van der Waals surface area contributed by atoms with Gasteiger partial charge in [0.2, 0.25) is 0 Å². The van der Waals surface area contributed by atoms with E-state index in [1.807, 2.05) is 53.1 Å². The van der Waals surface area contributed by atoms with Gasteiger partial charge in [-0.3, -0.25) is 4.79 Å². The van der Waals surface area contributed by atoms with Crippen molar-refractivity contribution in [3.05, 3.63) is 88.0 Å². The monoisotopic (exact) mass is 374 g/mol. The van der Waals surface area contributed by atoms with Crippen molar-refractivity contribution in [2.24, 2.45) is 0 Å². The zero-order chi connectivity index (χ0) is 16.7. The van der Waals surface area contributed by atoms with E-state index in [-0.39, 0.29) is 5.78 Å². The first kappa shape index (κ1) is 14.7. The van der Waals surface area contributed by atoms with Crippen LogP contribution in [0.1, 0.15) is 21.5 Å². The molecule has 0 aliphatic carbocycles. The van der Waals surface area contributed by atoms with Crippen molar-refractivity contribution in [3.63, 3.8) is 0 Å². The maximum atomic E-state index is 13.1. The Bertz CT molecular complexity index is 1140. The van der Waals surface area contributed by atoms with Crippen LogP contribution in [0.15, 0.2) is 71.3 Å². The number of hydrogen-bond donors (Lipinski definition) is 0. The number of aromatic nitrogens is 1. The molecule has 0 aliphatic rings. The number of carbonyl (C=O) groups is 1. The predicted molar refractivity (Wildman–Crippen MR) is 97.2 cm³/mol. The first-order valence-corrected chi connectivity index (χ1v) is 8.22. The van der Waals surface area contributed by atoms with Crippen LogP contribution in [0.25, 0.3) is 16.4 Å². The van der Waals surface area contributed by atoms with E-state index in [0.717, 1.165) is 16.4 Å². The average molecular weight is 375 g/mol. The summed E-state index contributed by atoms with van der Waals surface area (Å²) >= 11 is 3.51. The van der Waals surface area contributed by atoms with Crippen LogP contribution in [0.4, 0.5) is 0 Å². The summed E-state index contributed by atoms with van der Waals surface area (Å²) in [7, 11) is 0. The van der Waals surface area contributed by atoms with Crippen LogP contribution in [0.2, 0.25) is 0 Å². The Morgan fingerprint density at radius 2 is 1.83 bits per heavy atom. The maximum absolute atomic E-state index is 13.1. The van der Waals surface area contributed by atoms with Crippen LogP contribution in [0.5, 0.6) is 0 Å². The first-order chi connectivity index (χ1) is 11.7. The molecule has 3 nitrogen and oxygen atoms in total. The number of hydrogen-bond acceptors (Lipinski definition) is 2. The molecule has 24 heavy (non-hydrogen) atoms.